The van der Waals surface area contributed by atoms with Gasteiger partial charge in [-0.2, -0.15) is 0 Å². The Morgan fingerprint density at radius 2 is 2.11 bits per heavy atom. The van der Waals surface area contributed by atoms with Crippen LogP contribution in [-0.4, -0.2) is 35.2 Å². The van der Waals surface area contributed by atoms with Crippen molar-refractivity contribution in [3.63, 3.8) is 0 Å². The van der Waals surface area contributed by atoms with Crippen LogP contribution in [0, 0.1) is 6.92 Å². The molecular formula is C16H24N2O. The SMILES string of the molecule is Cc1ccc(C(C)NC2CCN(C3CC3)C2)c(O)c1. The van der Waals surface area contributed by atoms with Crippen LogP contribution in [0.5, 0.6) is 5.75 Å². The molecule has 3 nitrogen and oxygen atoms in total. The number of nitrogens with one attached hydrogen (secondary N) is 1. The first-order chi connectivity index (χ1) is 9.13. The molecule has 104 valence electrons. The number of hydrogen-bond donors (Lipinski definition) is 2. The molecule has 3 heteroatoms. The summed E-state index contributed by atoms with van der Waals surface area (Å²) >= 11 is 0. The first-order valence-electron chi connectivity index (χ1n) is 7.43. The molecule has 2 atom stereocenters. The standard InChI is InChI=1S/C16H24N2O/c1-11-3-6-15(16(19)9-11)12(2)17-13-7-8-18(10-13)14-4-5-14/h3,6,9,12-14,17,19H,4-5,7-8,10H2,1-2H3. The molecule has 1 aromatic carbocycles. The van der Waals surface area contributed by atoms with Gasteiger partial charge in [0.2, 0.25) is 0 Å². The minimum Gasteiger partial charge on any atom is -0.508 e. The molecule has 0 amide bonds. The molecule has 0 spiro atoms. The Labute approximate surface area is 115 Å². The quantitative estimate of drug-likeness (QED) is 0.873. The van der Waals surface area contributed by atoms with Crippen LogP contribution in [0.15, 0.2) is 18.2 Å². The van der Waals surface area contributed by atoms with Gasteiger partial charge in [-0.15, -0.1) is 0 Å². The summed E-state index contributed by atoms with van der Waals surface area (Å²) in [5, 5.41) is 13.7. The van der Waals surface area contributed by atoms with E-state index in [-0.39, 0.29) is 6.04 Å². The highest BCUT2D eigenvalue weighted by Crippen LogP contribution is 2.31. The van der Waals surface area contributed by atoms with Crippen molar-refractivity contribution in [2.24, 2.45) is 0 Å². The number of likely N-dealkylation sites (tertiary alicyclic amines) is 1. The number of phenols is 1. The predicted molar refractivity (Wildman–Crippen MR) is 77.4 cm³/mol. The average Bonchev–Trinajstić information content (AvgIpc) is 3.10. The third-order valence-corrected chi connectivity index (χ3v) is 4.42. The first-order valence-corrected chi connectivity index (χ1v) is 7.43. The number of phenolic OH excluding ortho intramolecular Hbond substituents is 1. The van der Waals surface area contributed by atoms with E-state index in [1.807, 2.05) is 19.1 Å². The molecular weight excluding hydrogens is 236 g/mol. The molecule has 1 saturated carbocycles. The Bertz CT molecular complexity index is 456. The summed E-state index contributed by atoms with van der Waals surface area (Å²) in [6, 6.07) is 7.60. The Morgan fingerprint density at radius 3 is 2.79 bits per heavy atom. The van der Waals surface area contributed by atoms with Crippen molar-refractivity contribution in [3.05, 3.63) is 29.3 Å². The normalized spacial score (nSPS) is 25.7. The van der Waals surface area contributed by atoms with Crippen LogP contribution in [0.1, 0.15) is 43.4 Å². The van der Waals surface area contributed by atoms with Crippen molar-refractivity contribution in [1.82, 2.24) is 10.2 Å². The lowest BCUT2D eigenvalue weighted by Crippen LogP contribution is -2.35. The molecule has 1 heterocycles. The van der Waals surface area contributed by atoms with Gasteiger partial charge in [0.05, 0.1) is 0 Å². The van der Waals surface area contributed by atoms with E-state index in [1.54, 1.807) is 0 Å². The molecule has 0 bridgehead atoms. The van der Waals surface area contributed by atoms with Gasteiger partial charge in [-0.3, -0.25) is 4.90 Å². The number of rotatable bonds is 4. The van der Waals surface area contributed by atoms with E-state index in [1.165, 1.54) is 32.4 Å². The van der Waals surface area contributed by atoms with Crippen LogP contribution in [0.2, 0.25) is 0 Å². The minimum atomic E-state index is 0.213. The molecule has 19 heavy (non-hydrogen) atoms. The second-order valence-electron chi connectivity index (χ2n) is 6.16. The highest BCUT2D eigenvalue weighted by molar-refractivity contribution is 5.37. The van der Waals surface area contributed by atoms with Crippen LogP contribution < -0.4 is 5.32 Å². The highest BCUT2D eigenvalue weighted by Gasteiger charge is 2.34. The van der Waals surface area contributed by atoms with E-state index in [0.29, 0.717) is 11.8 Å². The Morgan fingerprint density at radius 1 is 1.32 bits per heavy atom. The number of benzene rings is 1. The lowest BCUT2D eigenvalue weighted by Gasteiger charge is -2.21. The van der Waals surface area contributed by atoms with E-state index in [4.69, 9.17) is 0 Å². The minimum absolute atomic E-state index is 0.213. The summed E-state index contributed by atoms with van der Waals surface area (Å²) in [5.74, 6) is 0.414. The van der Waals surface area contributed by atoms with E-state index in [2.05, 4.69) is 23.2 Å². The first kappa shape index (κ1) is 12.9. The molecule has 2 unspecified atom stereocenters. The molecule has 1 aliphatic carbocycles. The van der Waals surface area contributed by atoms with Crippen LogP contribution in [0.25, 0.3) is 0 Å². The fourth-order valence-electron chi connectivity index (χ4n) is 3.16. The lowest BCUT2D eigenvalue weighted by atomic mass is 10.0. The van der Waals surface area contributed by atoms with Gasteiger partial charge < -0.3 is 10.4 Å². The summed E-state index contributed by atoms with van der Waals surface area (Å²) in [6.07, 6.45) is 4.01. The Kier molecular flexibility index (Phi) is 3.50. The second-order valence-corrected chi connectivity index (χ2v) is 6.16. The summed E-state index contributed by atoms with van der Waals surface area (Å²) in [5.41, 5.74) is 2.12. The summed E-state index contributed by atoms with van der Waals surface area (Å²) < 4.78 is 0. The third kappa shape index (κ3) is 2.93. The maximum atomic E-state index is 10.0. The Balaban J connectivity index is 1.60. The maximum Gasteiger partial charge on any atom is 0.120 e. The number of nitrogens with zero attached hydrogens (tertiary/aromatic N) is 1. The zero-order valence-corrected chi connectivity index (χ0v) is 11.9. The van der Waals surface area contributed by atoms with Gasteiger partial charge in [-0.25, -0.2) is 0 Å². The average molecular weight is 260 g/mol. The Hall–Kier alpha value is -1.06. The maximum absolute atomic E-state index is 10.0. The fraction of sp³-hybridized carbons (Fsp3) is 0.625. The fourth-order valence-corrected chi connectivity index (χ4v) is 3.16. The van der Waals surface area contributed by atoms with Crippen molar-refractivity contribution in [3.8, 4) is 5.75 Å². The van der Waals surface area contributed by atoms with E-state index < -0.39 is 0 Å². The summed E-state index contributed by atoms with van der Waals surface area (Å²) in [6.45, 7) is 6.55. The lowest BCUT2D eigenvalue weighted by molar-refractivity contribution is 0.313. The van der Waals surface area contributed by atoms with Crippen LogP contribution in [-0.2, 0) is 0 Å². The monoisotopic (exact) mass is 260 g/mol. The van der Waals surface area contributed by atoms with Gasteiger partial charge in [0.15, 0.2) is 0 Å². The molecule has 0 aromatic heterocycles. The number of aromatic hydroxyl groups is 1. The molecule has 1 aliphatic heterocycles. The molecule has 1 aromatic rings. The van der Waals surface area contributed by atoms with E-state index in [9.17, 15) is 5.11 Å². The predicted octanol–water partition coefficient (Wildman–Crippen LogP) is 2.59. The summed E-state index contributed by atoms with van der Waals surface area (Å²) in [4.78, 5) is 2.61. The van der Waals surface area contributed by atoms with Crippen molar-refractivity contribution >= 4 is 0 Å². The van der Waals surface area contributed by atoms with Gasteiger partial charge in [0.1, 0.15) is 5.75 Å². The largest absolute Gasteiger partial charge is 0.508 e. The van der Waals surface area contributed by atoms with Crippen molar-refractivity contribution < 1.29 is 5.11 Å². The van der Waals surface area contributed by atoms with E-state index >= 15 is 0 Å². The van der Waals surface area contributed by atoms with Gasteiger partial charge in [-0.1, -0.05) is 12.1 Å². The van der Waals surface area contributed by atoms with Gasteiger partial charge in [-0.05, 0) is 44.7 Å². The van der Waals surface area contributed by atoms with Crippen LogP contribution in [0.4, 0.5) is 0 Å². The molecule has 2 N–H and O–H groups in total. The smallest absolute Gasteiger partial charge is 0.120 e. The van der Waals surface area contributed by atoms with E-state index in [0.717, 1.165) is 17.2 Å². The number of aryl methyl sites for hydroxylation is 1. The zero-order chi connectivity index (χ0) is 13.4. The third-order valence-electron chi connectivity index (χ3n) is 4.42. The van der Waals surface area contributed by atoms with Crippen molar-refractivity contribution in [1.29, 1.82) is 0 Å². The van der Waals surface area contributed by atoms with Gasteiger partial charge >= 0.3 is 0 Å². The molecule has 3 rings (SSSR count). The molecule has 0 radical (unpaired) electrons. The van der Waals surface area contributed by atoms with Gasteiger partial charge in [0, 0.05) is 36.8 Å². The van der Waals surface area contributed by atoms with Crippen molar-refractivity contribution in [2.75, 3.05) is 13.1 Å². The molecule has 2 fully saturated rings. The van der Waals surface area contributed by atoms with Gasteiger partial charge in [0.25, 0.3) is 0 Å². The highest BCUT2D eigenvalue weighted by atomic mass is 16.3. The molecule has 2 aliphatic rings. The summed E-state index contributed by atoms with van der Waals surface area (Å²) in [7, 11) is 0. The zero-order valence-electron chi connectivity index (χ0n) is 11.9. The van der Waals surface area contributed by atoms with Crippen LogP contribution in [0.3, 0.4) is 0 Å². The molecule has 1 saturated heterocycles. The van der Waals surface area contributed by atoms with Crippen molar-refractivity contribution in [2.45, 2.75) is 51.2 Å². The number of hydrogen-bond acceptors (Lipinski definition) is 3. The second kappa shape index (κ2) is 5.14. The van der Waals surface area contributed by atoms with Crippen LogP contribution >= 0.6 is 0 Å². The topological polar surface area (TPSA) is 35.5 Å².